The first kappa shape index (κ1) is 23.7. The molecular formula is C27H28N2O4. The van der Waals surface area contributed by atoms with E-state index in [9.17, 15) is 14.4 Å². The van der Waals surface area contributed by atoms with E-state index < -0.39 is 12.0 Å². The molecule has 0 aliphatic heterocycles. The number of carbonyl (C=O) groups is 3. The SMILES string of the molecule is CC(=O)N[C@H](COC(=O)[C@@H](Cc1ccccc1)NC(=O)c1ccccc1)Cc1ccccc1. The zero-order valence-electron chi connectivity index (χ0n) is 18.6. The lowest BCUT2D eigenvalue weighted by atomic mass is 10.0. The maximum atomic E-state index is 13.0. The van der Waals surface area contributed by atoms with Crippen molar-refractivity contribution in [3.8, 4) is 0 Å². The fourth-order valence-corrected chi connectivity index (χ4v) is 3.50. The van der Waals surface area contributed by atoms with Crippen LogP contribution in [0.25, 0.3) is 0 Å². The van der Waals surface area contributed by atoms with E-state index >= 15 is 0 Å². The summed E-state index contributed by atoms with van der Waals surface area (Å²) in [5.41, 5.74) is 2.38. The van der Waals surface area contributed by atoms with Gasteiger partial charge in [-0.3, -0.25) is 9.59 Å². The summed E-state index contributed by atoms with van der Waals surface area (Å²) in [6.45, 7) is 1.43. The van der Waals surface area contributed by atoms with Crippen LogP contribution in [-0.2, 0) is 27.2 Å². The van der Waals surface area contributed by atoms with Gasteiger partial charge in [0.05, 0.1) is 6.04 Å². The molecule has 0 saturated carbocycles. The fourth-order valence-electron chi connectivity index (χ4n) is 3.50. The highest BCUT2D eigenvalue weighted by Crippen LogP contribution is 2.09. The van der Waals surface area contributed by atoms with Crippen LogP contribution in [0.4, 0.5) is 0 Å². The quantitative estimate of drug-likeness (QED) is 0.470. The van der Waals surface area contributed by atoms with Crippen LogP contribution in [-0.4, -0.2) is 36.5 Å². The van der Waals surface area contributed by atoms with Crippen molar-refractivity contribution in [3.63, 3.8) is 0 Å². The van der Waals surface area contributed by atoms with Gasteiger partial charge in [-0.05, 0) is 29.7 Å². The molecule has 170 valence electrons. The number of ether oxygens (including phenoxy) is 1. The molecule has 0 saturated heterocycles. The highest BCUT2D eigenvalue weighted by molar-refractivity contribution is 5.96. The van der Waals surface area contributed by atoms with Crippen LogP contribution in [0.5, 0.6) is 0 Å². The first-order chi connectivity index (χ1) is 16.0. The standard InChI is InChI=1S/C27H28N2O4/c1-20(30)28-24(17-21-11-5-2-6-12-21)19-33-27(32)25(18-22-13-7-3-8-14-22)29-26(31)23-15-9-4-10-16-23/h2-16,24-25H,17-19H2,1H3,(H,28,30)(H,29,31)/t24-,25+/m0/s1. The molecule has 3 aromatic rings. The van der Waals surface area contributed by atoms with E-state index in [2.05, 4.69) is 10.6 Å². The Morgan fingerprint density at radius 2 is 1.24 bits per heavy atom. The summed E-state index contributed by atoms with van der Waals surface area (Å²) in [6.07, 6.45) is 0.815. The van der Waals surface area contributed by atoms with E-state index in [1.54, 1.807) is 24.3 Å². The molecule has 3 rings (SSSR count). The number of rotatable bonds is 10. The zero-order chi connectivity index (χ0) is 23.5. The highest BCUT2D eigenvalue weighted by Gasteiger charge is 2.25. The van der Waals surface area contributed by atoms with Gasteiger partial charge in [-0.2, -0.15) is 0 Å². The molecule has 0 spiro atoms. The van der Waals surface area contributed by atoms with Crippen molar-refractivity contribution >= 4 is 17.8 Å². The fraction of sp³-hybridized carbons (Fsp3) is 0.222. The van der Waals surface area contributed by atoms with Gasteiger partial charge in [0.1, 0.15) is 12.6 Å². The minimum Gasteiger partial charge on any atom is -0.462 e. The summed E-state index contributed by atoms with van der Waals surface area (Å²) in [5.74, 6) is -1.10. The van der Waals surface area contributed by atoms with Crippen LogP contribution in [0.3, 0.4) is 0 Å². The Labute approximate surface area is 194 Å². The van der Waals surface area contributed by atoms with Crippen molar-refractivity contribution in [3.05, 3.63) is 108 Å². The molecule has 6 heteroatoms. The van der Waals surface area contributed by atoms with Gasteiger partial charge in [0, 0.05) is 18.9 Å². The first-order valence-corrected chi connectivity index (χ1v) is 10.9. The van der Waals surface area contributed by atoms with Crippen molar-refractivity contribution in [1.29, 1.82) is 0 Å². The lowest BCUT2D eigenvalue weighted by molar-refractivity contribution is -0.147. The Balaban J connectivity index is 1.69. The predicted molar refractivity (Wildman–Crippen MR) is 127 cm³/mol. The van der Waals surface area contributed by atoms with Gasteiger partial charge in [0.2, 0.25) is 5.91 Å². The van der Waals surface area contributed by atoms with Crippen LogP contribution in [0, 0.1) is 0 Å². The van der Waals surface area contributed by atoms with Gasteiger partial charge in [0.15, 0.2) is 0 Å². The second-order valence-corrected chi connectivity index (χ2v) is 7.80. The molecule has 0 heterocycles. The van der Waals surface area contributed by atoms with E-state index in [4.69, 9.17) is 4.74 Å². The van der Waals surface area contributed by atoms with Gasteiger partial charge in [-0.1, -0.05) is 78.9 Å². The molecule has 2 amide bonds. The average Bonchev–Trinajstić information content (AvgIpc) is 2.83. The first-order valence-electron chi connectivity index (χ1n) is 10.9. The molecular weight excluding hydrogens is 416 g/mol. The molecule has 0 aliphatic rings. The molecule has 0 aliphatic carbocycles. The van der Waals surface area contributed by atoms with Gasteiger partial charge in [0.25, 0.3) is 5.91 Å². The summed E-state index contributed by atoms with van der Waals surface area (Å²) in [5, 5.41) is 5.63. The number of hydrogen-bond donors (Lipinski definition) is 2. The number of amides is 2. The lowest BCUT2D eigenvalue weighted by Gasteiger charge is -2.22. The van der Waals surface area contributed by atoms with E-state index in [1.165, 1.54) is 6.92 Å². The molecule has 3 aromatic carbocycles. The Morgan fingerprint density at radius 1 is 0.727 bits per heavy atom. The normalized spacial score (nSPS) is 12.3. The molecule has 0 fully saturated rings. The molecule has 0 bridgehead atoms. The zero-order valence-corrected chi connectivity index (χ0v) is 18.6. The molecule has 0 aromatic heterocycles. The predicted octanol–water partition coefficient (Wildman–Crippen LogP) is 3.32. The van der Waals surface area contributed by atoms with Crippen molar-refractivity contribution in [2.24, 2.45) is 0 Å². The molecule has 33 heavy (non-hydrogen) atoms. The van der Waals surface area contributed by atoms with Crippen molar-refractivity contribution in [2.45, 2.75) is 31.8 Å². The molecule has 6 nitrogen and oxygen atoms in total. The Hall–Kier alpha value is -3.93. The Bertz CT molecular complexity index is 1040. The van der Waals surface area contributed by atoms with Gasteiger partial charge in [-0.15, -0.1) is 0 Å². The number of esters is 1. The van der Waals surface area contributed by atoms with E-state index in [0.29, 0.717) is 18.4 Å². The largest absolute Gasteiger partial charge is 0.462 e. The number of nitrogens with one attached hydrogen (secondary N) is 2. The molecule has 0 unspecified atom stereocenters. The topological polar surface area (TPSA) is 84.5 Å². The molecule has 2 N–H and O–H groups in total. The summed E-state index contributed by atoms with van der Waals surface area (Å²) in [6, 6.07) is 26.6. The van der Waals surface area contributed by atoms with Gasteiger partial charge in [-0.25, -0.2) is 4.79 Å². The van der Waals surface area contributed by atoms with Crippen LogP contribution >= 0.6 is 0 Å². The van der Waals surface area contributed by atoms with E-state index in [1.807, 2.05) is 66.7 Å². The summed E-state index contributed by atoms with van der Waals surface area (Å²) in [4.78, 5) is 37.4. The third kappa shape index (κ3) is 7.92. The number of carbonyl (C=O) groups excluding carboxylic acids is 3. The third-order valence-electron chi connectivity index (χ3n) is 5.07. The number of benzene rings is 3. The van der Waals surface area contributed by atoms with Crippen molar-refractivity contribution in [2.75, 3.05) is 6.61 Å². The highest BCUT2D eigenvalue weighted by atomic mass is 16.5. The van der Waals surface area contributed by atoms with E-state index in [0.717, 1.165) is 11.1 Å². The van der Waals surface area contributed by atoms with Crippen molar-refractivity contribution < 1.29 is 19.1 Å². The Kier molecular flexibility index (Phi) is 8.77. The van der Waals surface area contributed by atoms with Crippen LogP contribution in [0.1, 0.15) is 28.4 Å². The number of hydrogen-bond acceptors (Lipinski definition) is 4. The average molecular weight is 445 g/mol. The summed E-state index contributed by atoms with van der Waals surface area (Å²) >= 11 is 0. The smallest absolute Gasteiger partial charge is 0.329 e. The molecule has 2 atom stereocenters. The van der Waals surface area contributed by atoms with Crippen LogP contribution in [0.2, 0.25) is 0 Å². The van der Waals surface area contributed by atoms with Crippen molar-refractivity contribution in [1.82, 2.24) is 10.6 Å². The minimum absolute atomic E-state index is 0.000194. The molecule has 0 radical (unpaired) electrons. The lowest BCUT2D eigenvalue weighted by Crippen LogP contribution is -2.45. The van der Waals surface area contributed by atoms with Gasteiger partial charge >= 0.3 is 5.97 Å². The van der Waals surface area contributed by atoms with Crippen LogP contribution < -0.4 is 10.6 Å². The second-order valence-electron chi connectivity index (χ2n) is 7.80. The maximum absolute atomic E-state index is 13.0. The Morgan fingerprint density at radius 3 is 1.79 bits per heavy atom. The maximum Gasteiger partial charge on any atom is 0.329 e. The summed E-state index contributed by atoms with van der Waals surface area (Å²) in [7, 11) is 0. The summed E-state index contributed by atoms with van der Waals surface area (Å²) < 4.78 is 5.58. The van der Waals surface area contributed by atoms with E-state index in [-0.39, 0.29) is 24.5 Å². The monoisotopic (exact) mass is 444 g/mol. The van der Waals surface area contributed by atoms with Crippen LogP contribution in [0.15, 0.2) is 91.0 Å². The van der Waals surface area contributed by atoms with Gasteiger partial charge < -0.3 is 15.4 Å². The third-order valence-corrected chi connectivity index (χ3v) is 5.07. The second kappa shape index (κ2) is 12.2. The minimum atomic E-state index is -0.866.